The van der Waals surface area contributed by atoms with E-state index in [-0.39, 0.29) is 76.8 Å². The first-order chi connectivity index (χ1) is 13.3. The number of morpholine rings is 1. The number of carbonyl (C=O) groups is 2. The molecule has 2 heterocycles. The number of amides is 2. The molecule has 2 rings (SSSR count). The molecule has 0 radical (unpaired) electrons. The first-order valence-corrected chi connectivity index (χ1v) is 10.0. The van der Waals surface area contributed by atoms with Gasteiger partial charge in [-0.2, -0.15) is 0 Å². The Hall–Kier alpha value is -1.10. The predicted molar refractivity (Wildman–Crippen MR) is 102 cm³/mol. The molecule has 4 atom stereocenters. The first-order valence-electron chi connectivity index (χ1n) is 10.0. The molecule has 160 valence electrons. The van der Waals surface area contributed by atoms with Crippen LogP contribution in [0.4, 0.5) is 0 Å². The summed E-state index contributed by atoms with van der Waals surface area (Å²) in [5.74, 6) is -0.425. The van der Waals surface area contributed by atoms with Crippen molar-refractivity contribution in [1.82, 2.24) is 14.8 Å². The Balaban J connectivity index is 0.00000420. The summed E-state index contributed by atoms with van der Waals surface area (Å²) in [5, 5.41) is 25.9. The van der Waals surface area contributed by atoms with E-state index >= 15 is 0 Å². The predicted octanol–water partition coefficient (Wildman–Crippen LogP) is -1.80. The number of hydrogen-bond acceptors (Lipinski definition) is 6. The van der Waals surface area contributed by atoms with Gasteiger partial charge in [0.05, 0.1) is 25.8 Å². The molecule has 0 aromatic carbocycles. The number of nitrogens with zero attached hydrogens (tertiary/aromatic N) is 5. The largest absolute Gasteiger partial charge is 1.00 e. The number of ether oxygens (including phenoxy) is 1. The van der Waals surface area contributed by atoms with E-state index in [0.29, 0.717) is 45.7 Å². The van der Waals surface area contributed by atoms with Gasteiger partial charge in [0.25, 0.3) is 0 Å². The van der Waals surface area contributed by atoms with Crippen molar-refractivity contribution in [2.75, 3.05) is 39.4 Å². The minimum absolute atomic E-state index is 0. The maximum Gasteiger partial charge on any atom is 1.00 e. The molecule has 2 aliphatic heterocycles. The van der Waals surface area contributed by atoms with Gasteiger partial charge in [-0.15, -0.1) is 5.01 Å². The Kier molecular flexibility index (Phi) is 10.7. The Morgan fingerprint density at radius 1 is 1.17 bits per heavy atom. The van der Waals surface area contributed by atoms with E-state index in [4.69, 9.17) is 4.74 Å². The zero-order valence-corrected chi connectivity index (χ0v) is 20.2. The van der Waals surface area contributed by atoms with E-state index in [9.17, 15) is 20.0 Å². The Bertz CT molecular complexity index is 587. The van der Waals surface area contributed by atoms with Gasteiger partial charge in [0, 0.05) is 36.4 Å². The fourth-order valence-corrected chi connectivity index (χ4v) is 4.00. The molecule has 0 spiro atoms. The molecule has 4 unspecified atom stereocenters. The van der Waals surface area contributed by atoms with Gasteiger partial charge in [-0.1, -0.05) is 13.8 Å². The van der Waals surface area contributed by atoms with Crippen LogP contribution in [0.5, 0.6) is 0 Å². The number of hydrogen-bond donors (Lipinski definition) is 0. The monoisotopic (exact) mass is 421 g/mol. The second kappa shape index (κ2) is 11.9. The Morgan fingerprint density at radius 2 is 1.79 bits per heavy atom. The normalized spacial score (nSPS) is 25.2. The van der Waals surface area contributed by atoms with Crippen LogP contribution in [0.2, 0.25) is 0 Å². The SMILES string of the molecule is CCC(CC(C)C(=O)N1CCOCC1)C(=O)N1CC(C)N(/[N+]([O-])=N/[O-])CC1C.[Na+]. The van der Waals surface area contributed by atoms with Crippen molar-refractivity contribution in [3.05, 3.63) is 10.4 Å². The van der Waals surface area contributed by atoms with Crippen LogP contribution in [-0.2, 0) is 14.3 Å². The quantitative estimate of drug-likeness (QED) is 0.216. The molecular formula is C18H32N5NaO5. The molecule has 2 saturated heterocycles. The fraction of sp³-hybridized carbons (Fsp3) is 0.889. The van der Waals surface area contributed by atoms with Crippen LogP contribution in [0.25, 0.3) is 0 Å². The summed E-state index contributed by atoms with van der Waals surface area (Å²) in [6.45, 7) is 10.4. The van der Waals surface area contributed by atoms with Gasteiger partial charge in [-0.3, -0.25) is 9.59 Å². The number of piperazine rings is 1. The maximum atomic E-state index is 13.2. The molecule has 10 nitrogen and oxygen atoms in total. The molecule has 0 aliphatic carbocycles. The van der Waals surface area contributed by atoms with Crippen LogP contribution in [0, 0.1) is 22.3 Å². The van der Waals surface area contributed by atoms with Crippen LogP contribution in [0.3, 0.4) is 0 Å². The summed E-state index contributed by atoms with van der Waals surface area (Å²) in [7, 11) is 0. The number of hydrazine groups is 1. The summed E-state index contributed by atoms with van der Waals surface area (Å²) in [6.07, 6.45) is 1.14. The van der Waals surface area contributed by atoms with Crippen molar-refractivity contribution in [3.63, 3.8) is 0 Å². The second-order valence-electron chi connectivity index (χ2n) is 7.82. The van der Waals surface area contributed by atoms with Crippen molar-refractivity contribution in [1.29, 1.82) is 0 Å². The Labute approximate surface area is 194 Å². The van der Waals surface area contributed by atoms with Gasteiger partial charge in [-0.05, 0) is 32.0 Å². The third-order valence-corrected chi connectivity index (χ3v) is 5.75. The maximum absolute atomic E-state index is 13.2. The van der Waals surface area contributed by atoms with Gasteiger partial charge in [-0.25, -0.2) is 0 Å². The molecule has 2 fully saturated rings. The van der Waals surface area contributed by atoms with Crippen molar-refractivity contribution in [2.45, 2.75) is 52.6 Å². The summed E-state index contributed by atoms with van der Waals surface area (Å²) in [5.41, 5.74) is 0. The summed E-state index contributed by atoms with van der Waals surface area (Å²) in [6, 6.07) is -0.526. The number of rotatable bonds is 6. The van der Waals surface area contributed by atoms with Crippen molar-refractivity contribution in [3.8, 4) is 0 Å². The van der Waals surface area contributed by atoms with E-state index in [1.807, 2.05) is 25.7 Å². The molecule has 2 aliphatic rings. The average molecular weight is 421 g/mol. The van der Waals surface area contributed by atoms with Gasteiger partial charge >= 0.3 is 29.6 Å². The van der Waals surface area contributed by atoms with E-state index < -0.39 is 0 Å². The van der Waals surface area contributed by atoms with Crippen LogP contribution < -0.4 is 29.6 Å². The van der Waals surface area contributed by atoms with E-state index in [1.54, 1.807) is 11.8 Å². The summed E-state index contributed by atoms with van der Waals surface area (Å²) < 4.78 is 5.29. The van der Waals surface area contributed by atoms with Crippen LogP contribution in [0.15, 0.2) is 5.28 Å². The average Bonchev–Trinajstić information content (AvgIpc) is 2.72. The van der Waals surface area contributed by atoms with Crippen LogP contribution in [0.1, 0.15) is 40.5 Å². The molecule has 0 aromatic heterocycles. The van der Waals surface area contributed by atoms with Crippen molar-refractivity contribution >= 4 is 11.8 Å². The molecule has 0 saturated carbocycles. The summed E-state index contributed by atoms with van der Waals surface area (Å²) in [4.78, 5) is 29.5. The van der Waals surface area contributed by atoms with Crippen LogP contribution in [-0.4, -0.2) is 83.1 Å². The minimum Gasteiger partial charge on any atom is -0.737 e. The van der Waals surface area contributed by atoms with Gasteiger partial charge in [0.15, 0.2) is 0 Å². The molecule has 11 heteroatoms. The number of carbonyl (C=O) groups excluding carboxylic acids is 2. The second-order valence-corrected chi connectivity index (χ2v) is 7.82. The topological polar surface area (TPSA) is 115 Å². The first kappa shape index (κ1) is 25.9. The van der Waals surface area contributed by atoms with Gasteiger partial charge < -0.3 is 25.0 Å². The van der Waals surface area contributed by atoms with Crippen molar-refractivity contribution < 1.29 is 48.9 Å². The smallest absolute Gasteiger partial charge is 0.737 e. The fourth-order valence-electron chi connectivity index (χ4n) is 4.00. The van der Waals surface area contributed by atoms with Crippen LogP contribution >= 0.6 is 0 Å². The Morgan fingerprint density at radius 3 is 2.34 bits per heavy atom. The van der Waals surface area contributed by atoms with Gasteiger partial charge in [0.2, 0.25) is 11.8 Å². The summed E-state index contributed by atoms with van der Waals surface area (Å²) >= 11 is 0. The third-order valence-electron chi connectivity index (χ3n) is 5.75. The molecular weight excluding hydrogens is 389 g/mol. The third kappa shape index (κ3) is 6.44. The standard InChI is InChI=1S/C18H33N5O5.Na/c1-5-16(10-13(2)17(24)20-6-8-28-9-7-20)18(25)21-11-15(4)22(12-14(21)3)23(27)19-26;/h13-16,26H,5-12H2,1-4H3;/q;+1/p-1/b23-19-;. The van der Waals surface area contributed by atoms with Gasteiger partial charge in [0.1, 0.15) is 6.04 Å². The van der Waals surface area contributed by atoms with Crippen molar-refractivity contribution in [2.24, 2.45) is 17.1 Å². The molecule has 0 bridgehead atoms. The molecule has 29 heavy (non-hydrogen) atoms. The molecule has 0 aromatic rings. The minimum atomic E-state index is -0.305. The zero-order chi connectivity index (χ0) is 20.8. The molecule has 0 N–H and O–H groups in total. The van der Waals surface area contributed by atoms with E-state index in [1.165, 1.54) is 5.01 Å². The van der Waals surface area contributed by atoms with E-state index in [2.05, 4.69) is 5.28 Å². The zero-order valence-electron chi connectivity index (χ0n) is 18.2. The molecule has 2 amide bonds. The van der Waals surface area contributed by atoms with E-state index in [0.717, 1.165) is 0 Å².